The molecule has 6 heteroatoms. The van der Waals surface area contributed by atoms with Gasteiger partial charge in [0.15, 0.2) is 5.82 Å². The van der Waals surface area contributed by atoms with E-state index >= 15 is 0 Å². The summed E-state index contributed by atoms with van der Waals surface area (Å²) < 4.78 is 0. The third kappa shape index (κ3) is 4.82. The van der Waals surface area contributed by atoms with Crippen LogP contribution in [-0.2, 0) is 6.54 Å². The Morgan fingerprint density at radius 2 is 1.70 bits per heavy atom. The Bertz CT molecular complexity index is 1160. The second kappa shape index (κ2) is 9.20. The van der Waals surface area contributed by atoms with Crippen LogP contribution in [-0.4, -0.2) is 15.9 Å². The van der Waals surface area contributed by atoms with Crippen LogP contribution in [0.15, 0.2) is 91.1 Å². The molecule has 0 radical (unpaired) electrons. The largest absolute Gasteiger partial charge is 0.348 e. The van der Waals surface area contributed by atoms with E-state index in [0.717, 1.165) is 16.8 Å². The van der Waals surface area contributed by atoms with Gasteiger partial charge in [-0.15, -0.1) is 0 Å². The summed E-state index contributed by atoms with van der Waals surface area (Å²) in [5.41, 5.74) is 3.12. The molecule has 1 amide bonds. The molecular weight excluding hydrogens is 396 g/mol. The zero-order valence-electron chi connectivity index (χ0n) is 16.0. The molecule has 2 N–H and O–H groups in total. The second-order valence-electron chi connectivity index (χ2n) is 6.61. The van der Waals surface area contributed by atoms with E-state index in [0.29, 0.717) is 28.8 Å². The predicted molar refractivity (Wildman–Crippen MR) is 120 cm³/mol. The number of aromatic nitrogens is 2. The van der Waals surface area contributed by atoms with Gasteiger partial charge in [0.2, 0.25) is 0 Å². The van der Waals surface area contributed by atoms with E-state index < -0.39 is 0 Å². The van der Waals surface area contributed by atoms with Crippen molar-refractivity contribution in [1.82, 2.24) is 15.3 Å². The van der Waals surface area contributed by atoms with Crippen molar-refractivity contribution >= 4 is 29.0 Å². The van der Waals surface area contributed by atoms with Crippen molar-refractivity contribution in [2.75, 3.05) is 5.32 Å². The summed E-state index contributed by atoms with van der Waals surface area (Å²) in [5.74, 6) is 1.11. The predicted octanol–water partition coefficient (Wildman–Crippen LogP) is 5.47. The van der Waals surface area contributed by atoms with Crippen molar-refractivity contribution in [1.29, 1.82) is 0 Å². The zero-order chi connectivity index (χ0) is 20.8. The lowest BCUT2D eigenvalue weighted by Gasteiger charge is -2.10. The zero-order valence-corrected chi connectivity index (χ0v) is 16.8. The maximum atomic E-state index is 12.6. The van der Waals surface area contributed by atoms with Crippen molar-refractivity contribution < 1.29 is 4.79 Å². The molecule has 0 unspecified atom stereocenters. The molecule has 5 nitrogen and oxygen atoms in total. The molecule has 4 aromatic rings. The lowest BCUT2D eigenvalue weighted by molar-refractivity contribution is 0.0951. The number of halogens is 1. The lowest BCUT2D eigenvalue weighted by atomic mass is 10.1. The van der Waals surface area contributed by atoms with Crippen molar-refractivity contribution in [3.8, 4) is 11.4 Å². The minimum atomic E-state index is -0.175. The van der Waals surface area contributed by atoms with E-state index in [1.54, 1.807) is 30.5 Å². The molecule has 1 aromatic heterocycles. The number of anilines is 2. The number of benzene rings is 3. The van der Waals surface area contributed by atoms with Gasteiger partial charge in [-0.25, -0.2) is 9.97 Å². The quantitative estimate of drug-likeness (QED) is 0.439. The normalized spacial score (nSPS) is 10.4. The van der Waals surface area contributed by atoms with Gasteiger partial charge in [0.1, 0.15) is 5.82 Å². The third-order valence-corrected chi connectivity index (χ3v) is 4.85. The van der Waals surface area contributed by atoms with E-state index in [1.807, 2.05) is 60.7 Å². The summed E-state index contributed by atoms with van der Waals surface area (Å²) >= 11 is 6.15. The number of hydrogen-bond donors (Lipinski definition) is 2. The number of amides is 1. The van der Waals surface area contributed by atoms with E-state index in [1.165, 1.54) is 0 Å². The highest BCUT2D eigenvalue weighted by atomic mass is 35.5. The second-order valence-corrected chi connectivity index (χ2v) is 7.02. The molecule has 0 aliphatic rings. The van der Waals surface area contributed by atoms with Crippen LogP contribution in [0.4, 0.5) is 11.5 Å². The first-order valence-electron chi connectivity index (χ1n) is 9.46. The summed E-state index contributed by atoms with van der Waals surface area (Å²) in [6.07, 6.45) is 1.71. The van der Waals surface area contributed by atoms with Gasteiger partial charge in [0, 0.05) is 34.6 Å². The molecule has 148 valence electrons. The Kier molecular flexibility index (Phi) is 6.01. The van der Waals surface area contributed by atoms with Gasteiger partial charge in [0.25, 0.3) is 5.91 Å². The molecule has 30 heavy (non-hydrogen) atoms. The van der Waals surface area contributed by atoms with Crippen LogP contribution in [0.5, 0.6) is 0 Å². The fourth-order valence-corrected chi connectivity index (χ4v) is 3.16. The summed E-state index contributed by atoms with van der Waals surface area (Å²) in [6, 6.07) is 26.3. The fourth-order valence-electron chi connectivity index (χ4n) is 2.96. The highest BCUT2D eigenvalue weighted by molar-refractivity contribution is 6.31. The Morgan fingerprint density at radius 1 is 0.900 bits per heavy atom. The van der Waals surface area contributed by atoms with Gasteiger partial charge < -0.3 is 10.6 Å². The van der Waals surface area contributed by atoms with Crippen LogP contribution in [0.2, 0.25) is 5.02 Å². The minimum Gasteiger partial charge on any atom is -0.348 e. The summed E-state index contributed by atoms with van der Waals surface area (Å²) in [4.78, 5) is 21.5. The van der Waals surface area contributed by atoms with Gasteiger partial charge in [-0.2, -0.15) is 0 Å². The highest BCUT2D eigenvalue weighted by Gasteiger charge is 2.08. The van der Waals surface area contributed by atoms with Crippen molar-refractivity contribution in [3.63, 3.8) is 0 Å². The molecular formula is C24H19ClN4O. The number of carbonyl (C=O) groups excluding carboxylic acids is 1. The number of carbonyl (C=O) groups is 1. The molecule has 0 saturated heterocycles. The van der Waals surface area contributed by atoms with Gasteiger partial charge in [-0.3, -0.25) is 4.79 Å². The van der Waals surface area contributed by atoms with E-state index in [9.17, 15) is 4.79 Å². The first-order chi connectivity index (χ1) is 14.7. The van der Waals surface area contributed by atoms with Crippen LogP contribution in [0, 0.1) is 0 Å². The highest BCUT2D eigenvalue weighted by Crippen LogP contribution is 2.20. The molecule has 0 fully saturated rings. The maximum absolute atomic E-state index is 12.6. The van der Waals surface area contributed by atoms with Crippen molar-refractivity contribution in [2.24, 2.45) is 0 Å². The Hall–Kier alpha value is -3.70. The fraction of sp³-hybridized carbons (Fsp3) is 0.0417. The molecule has 0 atom stereocenters. The summed E-state index contributed by atoms with van der Waals surface area (Å²) in [5, 5.41) is 6.77. The number of nitrogens with zero attached hydrogens (tertiary/aromatic N) is 2. The van der Waals surface area contributed by atoms with Gasteiger partial charge in [-0.05, 0) is 35.9 Å². The third-order valence-electron chi connectivity index (χ3n) is 4.48. The summed E-state index contributed by atoms with van der Waals surface area (Å²) in [6.45, 7) is 0.364. The molecule has 4 rings (SSSR count). The Morgan fingerprint density at radius 3 is 2.53 bits per heavy atom. The molecule has 3 aromatic carbocycles. The SMILES string of the molecule is O=C(NCc1ccccc1Cl)c1cccc(Nc2ccnc(-c3ccccc3)n2)c1. The molecule has 1 heterocycles. The monoisotopic (exact) mass is 414 g/mol. The van der Waals surface area contributed by atoms with Crippen LogP contribution in [0.25, 0.3) is 11.4 Å². The first kappa shape index (κ1) is 19.6. The molecule has 0 aliphatic heterocycles. The molecule has 0 saturated carbocycles. The van der Waals surface area contributed by atoms with Crippen LogP contribution >= 0.6 is 11.6 Å². The van der Waals surface area contributed by atoms with E-state index in [2.05, 4.69) is 20.6 Å². The van der Waals surface area contributed by atoms with E-state index in [-0.39, 0.29) is 5.91 Å². The topological polar surface area (TPSA) is 66.9 Å². The number of rotatable bonds is 6. The van der Waals surface area contributed by atoms with Crippen LogP contribution < -0.4 is 10.6 Å². The summed E-state index contributed by atoms with van der Waals surface area (Å²) in [7, 11) is 0. The first-order valence-corrected chi connectivity index (χ1v) is 9.84. The number of nitrogens with one attached hydrogen (secondary N) is 2. The van der Waals surface area contributed by atoms with Gasteiger partial charge in [0.05, 0.1) is 0 Å². The van der Waals surface area contributed by atoms with Gasteiger partial charge >= 0.3 is 0 Å². The lowest BCUT2D eigenvalue weighted by Crippen LogP contribution is -2.22. The molecule has 0 aliphatic carbocycles. The minimum absolute atomic E-state index is 0.175. The average molecular weight is 415 g/mol. The molecule has 0 spiro atoms. The van der Waals surface area contributed by atoms with Gasteiger partial charge in [-0.1, -0.05) is 66.2 Å². The number of hydrogen-bond acceptors (Lipinski definition) is 4. The standard InChI is InChI=1S/C24H19ClN4O/c25-21-12-5-4-9-19(21)16-27-24(30)18-10-6-11-20(15-18)28-22-13-14-26-23(29-22)17-7-2-1-3-8-17/h1-15H,16H2,(H,27,30)(H,26,28,29). The van der Waals surface area contributed by atoms with Crippen molar-refractivity contribution in [3.05, 3.63) is 107 Å². The maximum Gasteiger partial charge on any atom is 0.251 e. The Labute approximate surface area is 179 Å². The van der Waals surface area contributed by atoms with Crippen LogP contribution in [0.3, 0.4) is 0 Å². The molecule has 0 bridgehead atoms. The smallest absolute Gasteiger partial charge is 0.251 e. The van der Waals surface area contributed by atoms with Crippen molar-refractivity contribution in [2.45, 2.75) is 6.54 Å². The van der Waals surface area contributed by atoms with Crippen LogP contribution in [0.1, 0.15) is 15.9 Å². The van der Waals surface area contributed by atoms with E-state index in [4.69, 9.17) is 11.6 Å². The average Bonchev–Trinajstić information content (AvgIpc) is 2.79. The Balaban J connectivity index is 1.46.